The van der Waals surface area contributed by atoms with E-state index in [0.717, 1.165) is 16.3 Å². The van der Waals surface area contributed by atoms with E-state index in [1.165, 1.54) is 0 Å². The maximum absolute atomic E-state index is 12.4. The molecule has 0 saturated carbocycles. The van der Waals surface area contributed by atoms with Crippen molar-refractivity contribution in [1.82, 2.24) is 4.90 Å². The summed E-state index contributed by atoms with van der Waals surface area (Å²) in [4.78, 5) is 19.7. The number of carbonyl (C=O) groups excluding carboxylic acids is 1. The largest absolute Gasteiger partial charge is 0.294 e. The first kappa shape index (κ1) is 13.3. The second-order valence-electron chi connectivity index (χ2n) is 4.52. The Bertz CT molecular complexity index is 652. The van der Waals surface area contributed by atoms with Crippen molar-refractivity contribution in [3.8, 4) is 0 Å². The Hall–Kier alpha value is -1.65. The summed E-state index contributed by atoms with van der Waals surface area (Å²) in [6, 6.07) is 11.4. The molecule has 0 fully saturated rings. The zero-order valence-electron chi connectivity index (χ0n) is 10.8. The van der Waals surface area contributed by atoms with Crippen molar-refractivity contribution in [2.24, 2.45) is 4.99 Å². The molecule has 0 atom stereocenters. The third-order valence-electron chi connectivity index (χ3n) is 3.13. The lowest BCUT2D eigenvalue weighted by molar-refractivity contribution is -0.126. The normalized spacial score (nSPS) is 14.4. The summed E-state index contributed by atoms with van der Waals surface area (Å²) in [6.45, 7) is 1.30. The molecule has 1 amide bonds. The van der Waals surface area contributed by atoms with Crippen molar-refractivity contribution in [3.63, 3.8) is 0 Å². The van der Waals surface area contributed by atoms with Crippen LogP contribution in [0.1, 0.15) is 10.4 Å². The number of hydrogen-bond donors (Lipinski definition) is 0. The molecule has 1 aliphatic rings. The Labute approximate surface area is 126 Å². The van der Waals surface area contributed by atoms with Gasteiger partial charge in [0.1, 0.15) is 5.84 Å². The molecule has 2 aromatic rings. The first-order valence-electron chi connectivity index (χ1n) is 6.37. The number of hydrogen-bond acceptors (Lipinski definition) is 3. The van der Waals surface area contributed by atoms with Crippen LogP contribution in [0.3, 0.4) is 0 Å². The molecule has 0 spiro atoms. The summed E-state index contributed by atoms with van der Waals surface area (Å²) in [5.74, 6) is 0.817. The molecular formula is C15H13ClN2OS. The molecular weight excluding hydrogens is 292 g/mol. The molecule has 0 unspecified atom stereocenters. The van der Waals surface area contributed by atoms with E-state index in [0.29, 0.717) is 24.5 Å². The topological polar surface area (TPSA) is 32.7 Å². The lowest BCUT2D eigenvalue weighted by Gasteiger charge is -2.18. The van der Waals surface area contributed by atoms with Crippen molar-refractivity contribution in [1.29, 1.82) is 0 Å². The quantitative estimate of drug-likeness (QED) is 0.857. The Morgan fingerprint density at radius 3 is 3.00 bits per heavy atom. The van der Waals surface area contributed by atoms with Crippen LogP contribution < -0.4 is 0 Å². The van der Waals surface area contributed by atoms with Gasteiger partial charge in [0.15, 0.2) is 0 Å². The van der Waals surface area contributed by atoms with Gasteiger partial charge in [-0.3, -0.25) is 14.7 Å². The molecule has 5 heteroatoms. The van der Waals surface area contributed by atoms with Crippen LogP contribution in [0.15, 0.2) is 46.8 Å². The molecule has 3 nitrogen and oxygen atoms in total. The smallest absolute Gasteiger partial charge is 0.233 e. The summed E-state index contributed by atoms with van der Waals surface area (Å²) >= 11 is 7.61. The van der Waals surface area contributed by atoms with Crippen LogP contribution in [0, 0.1) is 0 Å². The van der Waals surface area contributed by atoms with Crippen LogP contribution in [-0.4, -0.2) is 29.7 Å². The van der Waals surface area contributed by atoms with Crippen LogP contribution in [0.2, 0.25) is 5.02 Å². The van der Waals surface area contributed by atoms with E-state index >= 15 is 0 Å². The van der Waals surface area contributed by atoms with Crippen molar-refractivity contribution in [2.45, 2.75) is 6.42 Å². The highest BCUT2D eigenvalue weighted by atomic mass is 35.5. The zero-order valence-corrected chi connectivity index (χ0v) is 12.3. The minimum atomic E-state index is 0.0867. The number of amidine groups is 1. The molecule has 0 bridgehead atoms. The predicted octanol–water partition coefficient (Wildman–Crippen LogP) is 3.23. The minimum Gasteiger partial charge on any atom is -0.294 e. The third kappa shape index (κ3) is 2.76. The molecule has 0 aliphatic carbocycles. The van der Waals surface area contributed by atoms with Gasteiger partial charge in [-0.25, -0.2) is 0 Å². The van der Waals surface area contributed by atoms with Gasteiger partial charge in [0.2, 0.25) is 5.91 Å². The van der Waals surface area contributed by atoms with Crippen molar-refractivity contribution in [3.05, 3.63) is 57.2 Å². The molecule has 1 aromatic heterocycles. The summed E-state index contributed by atoms with van der Waals surface area (Å²) < 4.78 is 0. The summed E-state index contributed by atoms with van der Waals surface area (Å²) in [5.41, 5.74) is 0.898. The van der Waals surface area contributed by atoms with E-state index in [1.54, 1.807) is 16.2 Å². The highest BCUT2D eigenvalue weighted by Crippen LogP contribution is 2.18. The molecule has 0 N–H and O–H groups in total. The molecule has 20 heavy (non-hydrogen) atoms. The molecule has 2 heterocycles. The van der Waals surface area contributed by atoms with Crippen LogP contribution in [0.4, 0.5) is 0 Å². The molecule has 0 saturated heterocycles. The average molecular weight is 305 g/mol. The number of nitrogens with zero attached hydrogens (tertiary/aromatic N) is 2. The third-order valence-corrected chi connectivity index (χ3v) is 4.24. The summed E-state index contributed by atoms with van der Waals surface area (Å²) in [5, 5.41) is 2.64. The maximum atomic E-state index is 12.4. The lowest BCUT2D eigenvalue weighted by atomic mass is 10.2. The van der Waals surface area contributed by atoms with E-state index in [-0.39, 0.29) is 5.91 Å². The molecule has 3 rings (SSSR count). The van der Waals surface area contributed by atoms with Crippen LogP contribution >= 0.6 is 22.9 Å². The van der Waals surface area contributed by atoms with Crippen LogP contribution in [0.25, 0.3) is 0 Å². The number of amides is 1. The Balaban J connectivity index is 1.80. The predicted molar refractivity (Wildman–Crippen MR) is 82.6 cm³/mol. The van der Waals surface area contributed by atoms with Crippen molar-refractivity contribution < 1.29 is 4.79 Å². The fourth-order valence-electron chi connectivity index (χ4n) is 2.22. The van der Waals surface area contributed by atoms with Crippen molar-refractivity contribution >= 4 is 34.7 Å². The van der Waals surface area contributed by atoms with Gasteiger partial charge in [0.05, 0.1) is 13.0 Å². The first-order valence-corrected chi connectivity index (χ1v) is 7.63. The second kappa shape index (κ2) is 5.77. The van der Waals surface area contributed by atoms with Gasteiger partial charge in [-0.05, 0) is 23.6 Å². The molecule has 1 aromatic carbocycles. The monoisotopic (exact) mass is 304 g/mol. The second-order valence-corrected chi connectivity index (χ2v) is 5.99. The van der Waals surface area contributed by atoms with Crippen LogP contribution in [0.5, 0.6) is 0 Å². The van der Waals surface area contributed by atoms with Gasteiger partial charge >= 0.3 is 0 Å². The Kier molecular flexibility index (Phi) is 3.85. The van der Waals surface area contributed by atoms with Crippen molar-refractivity contribution in [2.75, 3.05) is 13.1 Å². The number of thiophene rings is 1. The van der Waals surface area contributed by atoms with Gasteiger partial charge in [0, 0.05) is 22.0 Å². The lowest BCUT2D eigenvalue weighted by Crippen LogP contribution is -2.35. The standard InChI is InChI=1S/C15H13ClN2OS/c16-12-4-1-3-11(9-12)15-17-6-7-18(15)14(19)10-13-5-2-8-20-13/h1-5,8-9H,6-7,10H2. The molecule has 102 valence electrons. The molecule has 1 aliphatic heterocycles. The number of halogens is 1. The number of aliphatic imine (C=N–C) groups is 1. The SMILES string of the molecule is O=C(Cc1cccs1)N1CCN=C1c1cccc(Cl)c1. The van der Waals surface area contributed by atoms with Gasteiger partial charge < -0.3 is 0 Å². The van der Waals surface area contributed by atoms with E-state index in [9.17, 15) is 4.79 Å². The van der Waals surface area contributed by atoms with E-state index in [4.69, 9.17) is 11.6 Å². The van der Waals surface area contributed by atoms with Gasteiger partial charge in [-0.1, -0.05) is 29.8 Å². The summed E-state index contributed by atoms with van der Waals surface area (Å²) in [6.07, 6.45) is 0.428. The number of carbonyl (C=O) groups is 1. The highest BCUT2D eigenvalue weighted by molar-refractivity contribution is 7.10. The van der Waals surface area contributed by atoms with Crippen LogP contribution in [-0.2, 0) is 11.2 Å². The molecule has 0 radical (unpaired) electrons. The van der Waals surface area contributed by atoms with E-state index in [1.807, 2.05) is 41.8 Å². The number of rotatable bonds is 3. The van der Waals surface area contributed by atoms with E-state index in [2.05, 4.69) is 4.99 Å². The first-order chi connectivity index (χ1) is 9.74. The highest BCUT2D eigenvalue weighted by Gasteiger charge is 2.25. The average Bonchev–Trinajstić information content (AvgIpc) is 3.09. The minimum absolute atomic E-state index is 0.0867. The summed E-state index contributed by atoms with van der Waals surface area (Å²) in [7, 11) is 0. The fraction of sp³-hybridized carbons (Fsp3) is 0.200. The Morgan fingerprint density at radius 1 is 1.35 bits per heavy atom. The number of benzene rings is 1. The Morgan fingerprint density at radius 2 is 2.25 bits per heavy atom. The van der Waals surface area contributed by atoms with Gasteiger partial charge in [-0.15, -0.1) is 11.3 Å². The van der Waals surface area contributed by atoms with Gasteiger partial charge in [-0.2, -0.15) is 0 Å². The maximum Gasteiger partial charge on any atom is 0.233 e. The fourth-order valence-corrected chi connectivity index (χ4v) is 3.11. The van der Waals surface area contributed by atoms with Gasteiger partial charge in [0.25, 0.3) is 0 Å². The zero-order chi connectivity index (χ0) is 13.9. The van der Waals surface area contributed by atoms with E-state index < -0.39 is 0 Å².